The van der Waals surface area contributed by atoms with E-state index in [9.17, 15) is 9.50 Å². The summed E-state index contributed by atoms with van der Waals surface area (Å²) in [6, 6.07) is 4.87. The smallest absolute Gasteiger partial charge is 0.151 e. The number of imidazole rings is 1. The van der Waals surface area contributed by atoms with Crippen LogP contribution in [0.3, 0.4) is 0 Å². The van der Waals surface area contributed by atoms with Gasteiger partial charge in [0.15, 0.2) is 5.82 Å². The largest absolute Gasteiger partial charge is 0.389 e. The maximum absolute atomic E-state index is 13.6. The Bertz CT molecular complexity index is 559. The molecule has 1 heterocycles. The third-order valence-electron chi connectivity index (χ3n) is 2.94. The molecule has 2 N–H and O–H groups in total. The Morgan fingerprint density at radius 3 is 2.74 bits per heavy atom. The molecule has 104 valence electrons. The molecule has 5 heteroatoms. The van der Waals surface area contributed by atoms with Crippen LogP contribution >= 0.6 is 0 Å². The molecule has 0 saturated carbocycles. The van der Waals surface area contributed by atoms with Crippen LogP contribution < -0.4 is 0 Å². The van der Waals surface area contributed by atoms with E-state index in [0.29, 0.717) is 29.9 Å². The molecule has 2 rings (SSSR count). The molecule has 19 heavy (non-hydrogen) atoms. The maximum atomic E-state index is 13.6. The average Bonchev–Trinajstić information content (AvgIpc) is 2.70. The van der Waals surface area contributed by atoms with Crippen molar-refractivity contribution in [3.8, 4) is 0 Å². The number of aliphatic hydroxyl groups is 1. The first-order valence-corrected chi connectivity index (χ1v) is 6.47. The van der Waals surface area contributed by atoms with Crippen LogP contribution in [0.4, 0.5) is 4.39 Å². The first-order valence-electron chi connectivity index (χ1n) is 6.47. The van der Waals surface area contributed by atoms with Gasteiger partial charge in [0.2, 0.25) is 0 Å². The summed E-state index contributed by atoms with van der Waals surface area (Å²) in [5.74, 6) is 0.400. The molecule has 0 aliphatic rings. The van der Waals surface area contributed by atoms with E-state index in [2.05, 4.69) is 14.9 Å². The molecule has 2 aromatic rings. The number of fused-ring (bicyclic) bond motifs is 1. The number of halogens is 1. The van der Waals surface area contributed by atoms with Gasteiger partial charge in [-0.25, -0.2) is 9.37 Å². The van der Waals surface area contributed by atoms with Gasteiger partial charge in [0.1, 0.15) is 11.3 Å². The highest BCUT2D eigenvalue weighted by molar-refractivity contribution is 5.75. The minimum absolute atomic E-state index is 0.314. The quantitative estimate of drug-likeness (QED) is 0.872. The predicted octanol–water partition coefficient (Wildman–Crippen LogP) is 2.29. The molecular weight excluding hydrogens is 245 g/mol. The molecule has 0 aliphatic heterocycles. The normalized spacial score (nSPS) is 12.5. The second kappa shape index (κ2) is 5.27. The minimum atomic E-state index is -0.757. The zero-order valence-electron chi connectivity index (χ0n) is 11.6. The van der Waals surface area contributed by atoms with Crippen molar-refractivity contribution in [3.63, 3.8) is 0 Å². The van der Waals surface area contributed by atoms with E-state index < -0.39 is 5.60 Å². The van der Waals surface area contributed by atoms with Gasteiger partial charge in [0.05, 0.1) is 17.7 Å². The van der Waals surface area contributed by atoms with Gasteiger partial charge in [0, 0.05) is 6.54 Å². The van der Waals surface area contributed by atoms with Crippen molar-refractivity contribution >= 4 is 11.0 Å². The monoisotopic (exact) mass is 265 g/mol. The number of hydrogen-bond acceptors (Lipinski definition) is 3. The summed E-state index contributed by atoms with van der Waals surface area (Å²) in [4.78, 5) is 9.45. The van der Waals surface area contributed by atoms with Crippen molar-refractivity contribution in [1.29, 1.82) is 0 Å². The van der Waals surface area contributed by atoms with Gasteiger partial charge in [0.25, 0.3) is 0 Å². The van der Waals surface area contributed by atoms with Crippen molar-refractivity contribution in [2.75, 3.05) is 13.1 Å². The Morgan fingerprint density at radius 1 is 1.42 bits per heavy atom. The number of rotatable bonds is 5. The third-order valence-corrected chi connectivity index (χ3v) is 2.94. The lowest BCUT2D eigenvalue weighted by Crippen LogP contribution is -2.38. The topological polar surface area (TPSA) is 52.2 Å². The molecule has 0 amide bonds. The van der Waals surface area contributed by atoms with Gasteiger partial charge in [-0.1, -0.05) is 13.0 Å². The summed E-state index contributed by atoms with van der Waals surface area (Å²) in [6.07, 6.45) is 0. The van der Waals surface area contributed by atoms with Crippen molar-refractivity contribution in [2.24, 2.45) is 0 Å². The summed E-state index contributed by atoms with van der Waals surface area (Å²) >= 11 is 0. The Hall–Kier alpha value is -1.46. The highest BCUT2D eigenvalue weighted by atomic mass is 19.1. The van der Waals surface area contributed by atoms with Gasteiger partial charge in [-0.05, 0) is 32.5 Å². The first-order chi connectivity index (χ1) is 8.89. The number of aromatic nitrogens is 2. The lowest BCUT2D eigenvalue weighted by Gasteiger charge is -2.27. The summed E-state index contributed by atoms with van der Waals surface area (Å²) in [7, 11) is 0. The summed E-state index contributed by atoms with van der Waals surface area (Å²) < 4.78 is 13.6. The second-order valence-electron chi connectivity index (χ2n) is 5.44. The van der Waals surface area contributed by atoms with E-state index in [1.54, 1.807) is 26.0 Å². The number of nitrogens with one attached hydrogen (secondary N) is 1. The summed E-state index contributed by atoms with van der Waals surface area (Å²) in [5.41, 5.74) is 0.318. The predicted molar refractivity (Wildman–Crippen MR) is 73.3 cm³/mol. The van der Waals surface area contributed by atoms with Crippen molar-refractivity contribution in [2.45, 2.75) is 32.9 Å². The standard InChI is InChI=1S/C14H20FN3O/c1-4-18(9-14(2,3)19)8-12-16-11-7-5-6-10(15)13(11)17-12/h5-7,19H,4,8-9H2,1-3H3,(H,16,17). The second-order valence-corrected chi connectivity index (χ2v) is 5.44. The number of likely N-dealkylation sites (N-methyl/N-ethyl adjacent to an activating group) is 1. The van der Waals surface area contributed by atoms with Gasteiger partial charge >= 0.3 is 0 Å². The molecule has 1 aromatic carbocycles. The molecule has 0 aliphatic carbocycles. The summed E-state index contributed by atoms with van der Waals surface area (Å²) in [5, 5.41) is 9.85. The van der Waals surface area contributed by atoms with Crippen LogP contribution in [0.1, 0.15) is 26.6 Å². The van der Waals surface area contributed by atoms with Gasteiger partial charge < -0.3 is 10.1 Å². The fourth-order valence-electron chi connectivity index (χ4n) is 2.16. The van der Waals surface area contributed by atoms with E-state index in [-0.39, 0.29) is 5.82 Å². The fourth-order valence-corrected chi connectivity index (χ4v) is 2.16. The number of para-hydroxylation sites is 1. The SMILES string of the molecule is CCN(Cc1nc2c(F)cccc2[nH]1)CC(C)(C)O. The molecule has 0 atom stereocenters. The van der Waals surface area contributed by atoms with Gasteiger partial charge in [-0.3, -0.25) is 4.90 Å². The number of hydrogen-bond donors (Lipinski definition) is 2. The van der Waals surface area contributed by atoms with Crippen LogP contribution in [-0.2, 0) is 6.54 Å². The van der Waals surface area contributed by atoms with E-state index >= 15 is 0 Å². The molecule has 0 bridgehead atoms. The average molecular weight is 265 g/mol. The molecule has 0 spiro atoms. The summed E-state index contributed by atoms with van der Waals surface area (Å²) in [6.45, 7) is 7.47. The third kappa shape index (κ3) is 3.52. The van der Waals surface area contributed by atoms with Crippen LogP contribution in [0.15, 0.2) is 18.2 Å². The number of H-pyrrole nitrogens is 1. The van der Waals surface area contributed by atoms with E-state index in [4.69, 9.17) is 0 Å². The molecule has 0 radical (unpaired) electrons. The molecule has 1 aromatic heterocycles. The van der Waals surface area contributed by atoms with Crippen molar-refractivity contribution < 1.29 is 9.50 Å². The first kappa shape index (κ1) is 14.0. The molecule has 0 unspecified atom stereocenters. The van der Waals surface area contributed by atoms with Crippen LogP contribution in [0.5, 0.6) is 0 Å². The maximum Gasteiger partial charge on any atom is 0.151 e. The number of benzene rings is 1. The Kier molecular flexibility index (Phi) is 3.87. The van der Waals surface area contributed by atoms with E-state index in [1.165, 1.54) is 6.07 Å². The van der Waals surface area contributed by atoms with E-state index in [0.717, 1.165) is 6.54 Å². The van der Waals surface area contributed by atoms with Crippen molar-refractivity contribution in [1.82, 2.24) is 14.9 Å². The number of aromatic amines is 1. The van der Waals surface area contributed by atoms with Crippen LogP contribution in [0.25, 0.3) is 11.0 Å². The fraction of sp³-hybridized carbons (Fsp3) is 0.500. The molecule has 0 fully saturated rings. The zero-order valence-corrected chi connectivity index (χ0v) is 11.6. The highest BCUT2D eigenvalue weighted by Gasteiger charge is 2.18. The van der Waals surface area contributed by atoms with Crippen LogP contribution in [-0.4, -0.2) is 38.7 Å². The number of nitrogens with zero attached hydrogens (tertiary/aromatic N) is 2. The highest BCUT2D eigenvalue weighted by Crippen LogP contribution is 2.16. The van der Waals surface area contributed by atoms with Crippen LogP contribution in [0.2, 0.25) is 0 Å². The Morgan fingerprint density at radius 2 is 2.16 bits per heavy atom. The minimum Gasteiger partial charge on any atom is -0.389 e. The molecule has 4 nitrogen and oxygen atoms in total. The molecular formula is C14H20FN3O. The van der Waals surface area contributed by atoms with Gasteiger partial charge in [-0.15, -0.1) is 0 Å². The van der Waals surface area contributed by atoms with Crippen molar-refractivity contribution in [3.05, 3.63) is 29.8 Å². The Labute approximate surface area is 112 Å². The lowest BCUT2D eigenvalue weighted by atomic mass is 10.1. The lowest BCUT2D eigenvalue weighted by molar-refractivity contribution is 0.0347. The Balaban J connectivity index is 2.18. The van der Waals surface area contributed by atoms with Gasteiger partial charge in [-0.2, -0.15) is 0 Å². The van der Waals surface area contributed by atoms with E-state index in [1.807, 2.05) is 6.92 Å². The molecule has 0 saturated heterocycles. The zero-order chi connectivity index (χ0) is 14.0. The van der Waals surface area contributed by atoms with Crippen LogP contribution in [0, 0.1) is 5.82 Å².